The number of hydrogen-bond donors (Lipinski definition) is 1. The molecule has 4 heteroatoms. The van der Waals surface area contributed by atoms with Gasteiger partial charge in [0.25, 0.3) is 0 Å². The summed E-state index contributed by atoms with van der Waals surface area (Å²) in [6.07, 6.45) is 3.99. The number of halogens is 1. The Morgan fingerprint density at radius 3 is 2.89 bits per heavy atom. The molecule has 2 nitrogen and oxygen atoms in total. The largest absolute Gasteiger partial charge is 0.310 e. The lowest BCUT2D eigenvalue weighted by molar-refractivity contribution is 0.532. The zero-order valence-electron chi connectivity index (χ0n) is 10.4. The Morgan fingerprint density at radius 1 is 1.39 bits per heavy atom. The summed E-state index contributed by atoms with van der Waals surface area (Å²) in [4.78, 5) is 5.41. The zero-order chi connectivity index (χ0) is 12.8. The Bertz CT molecular complexity index is 470. The van der Waals surface area contributed by atoms with E-state index < -0.39 is 0 Å². The normalized spacial score (nSPS) is 12.6. The fourth-order valence-electron chi connectivity index (χ4n) is 1.91. The molecule has 0 radical (unpaired) electrons. The van der Waals surface area contributed by atoms with E-state index in [2.05, 4.69) is 23.3 Å². The Morgan fingerprint density at radius 2 is 2.22 bits per heavy atom. The lowest BCUT2D eigenvalue weighted by Gasteiger charge is -2.19. The van der Waals surface area contributed by atoms with Gasteiger partial charge in [-0.25, -0.2) is 0 Å². The molecule has 1 atom stereocenters. The molecule has 1 N–H and O–H groups in total. The van der Waals surface area contributed by atoms with Crippen molar-refractivity contribution in [3.63, 3.8) is 0 Å². The molecular weight excluding hydrogens is 264 g/mol. The monoisotopic (exact) mass is 280 g/mol. The number of aromatic nitrogens is 1. The van der Waals surface area contributed by atoms with Crippen molar-refractivity contribution in [2.24, 2.45) is 0 Å². The fraction of sp³-hybridized carbons (Fsp3) is 0.357. The summed E-state index contributed by atoms with van der Waals surface area (Å²) >= 11 is 7.98. The molecule has 0 aliphatic heterocycles. The first-order chi connectivity index (χ1) is 8.81. The Kier molecular flexibility index (Phi) is 5.17. The van der Waals surface area contributed by atoms with Crippen molar-refractivity contribution in [2.45, 2.75) is 25.8 Å². The van der Waals surface area contributed by atoms with Crippen LogP contribution in [0.3, 0.4) is 0 Å². The number of nitrogens with zero attached hydrogens (tertiary/aromatic N) is 1. The summed E-state index contributed by atoms with van der Waals surface area (Å²) in [5.41, 5.74) is 3.04. The highest BCUT2D eigenvalue weighted by atomic mass is 35.5. The van der Waals surface area contributed by atoms with Gasteiger partial charge in [0.1, 0.15) is 0 Å². The van der Waals surface area contributed by atoms with Gasteiger partial charge in [0.2, 0.25) is 0 Å². The molecule has 2 aromatic rings. The third kappa shape index (κ3) is 3.55. The predicted octanol–water partition coefficient (Wildman–Crippen LogP) is 4.08. The lowest BCUT2D eigenvalue weighted by Crippen LogP contribution is -2.24. The minimum absolute atomic E-state index is 0.263. The second-order valence-corrected chi connectivity index (χ2v) is 5.58. The number of hydrogen-bond acceptors (Lipinski definition) is 3. The van der Waals surface area contributed by atoms with Crippen molar-refractivity contribution >= 4 is 22.9 Å². The van der Waals surface area contributed by atoms with E-state index in [0.29, 0.717) is 0 Å². The molecular formula is C14H17ClN2S. The molecule has 2 rings (SSSR count). The molecule has 18 heavy (non-hydrogen) atoms. The maximum atomic E-state index is 6.29. The molecule has 1 aromatic carbocycles. The van der Waals surface area contributed by atoms with Gasteiger partial charge in [-0.3, -0.25) is 4.98 Å². The van der Waals surface area contributed by atoms with Crippen molar-refractivity contribution in [3.05, 3.63) is 51.4 Å². The summed E-state index contributed by atoms with van der Waals surface area (Å²) in [5.74, 6) is 0. The minimum atomic E-state index is 0.263. The van der Waals surface area contributed by atoms with E-state index in [-0.39, 0.29) is 6.04 Å². The first-order valence-corrected chi connectivity index (χ1v) is 7.42. The average molecular weight is 281 g/mol. The summed E-state index contributed by atoms with van der Waals surface area (Å²) in [7, 11) is 0. The van der Waals surface area contributed by atoms with Crippen LogP contribution in [0.5, 0.6) is 0 Å². The van der Waals surface area contributed by atoms with Crippen molar-refractivity contribution < 1.29 is 0 Å². The zero-order valence-corrected chi connectivity index (χ0v) is 12.0. The third-order valence-electron chi connectivity index (χ3n) is 2.81. The molecule has 96 valence electrons. The van der Waals surface area contributed by atoms with Crippen LogP contribution in [0.25, 0.3) is 0 Å². The van der Waals surface area contributed by atoms with E-state index in [1.807, 2.05) is 29.9 Å². The summed E-state index contributed by atoms with van der Waals surface area (Å²) < 4.78 is 0. The fourth-order valence-corrected chi connectivity index (χ4v) is 2.82. The maximum absolute atomic E-state index is 6.29. The molecule has 1 unspecified atom stereocenters. The molecule has 0 saturated heterocycles. The van der Waals surface area contributed by atoms with Crippen LogP contribution < -0.4 is 5.32 Å². The molecule has 0 aliphatic carbocycles. The Hall–Kier alpha value is -0.900. The molecule has 1 heterocycles. The van der Waals surface area contributed by atoms with Crippen LogP contribution >= 0.6 is 22.9 Å². The smallest absolute Gasteiger partial charge is 0.0794 e. The van der Waals surface area contributed by atoms with E-state index in [9.17, 15) is 0 Å². The van der Waals surface area contributed by atoms with Gasteiger partial charge in [-0.2, -0.15) is 0 Å². The van der Waals surface area contributed by atoms with Gasteiger partial charge in [0, 0.05) is 28.6 Å². The van der Waals surface area contributed by atoms with E-state index in [0.717, 1.165) is 24.4 Å². The number of rotatable bonds is 6. The van der Waals surface area contributed by atoms with Crippen LogP contribution in [0.2, 0.25) is 5.02 Å². The van der Waals surface area contributed by atoms with E-state index in [1.165, 1.54) is 10.4 Å². The highest BCUT2D eigenvalue weighted by molar-refractivity contribution is 7.09. The van der Waals surface area contributed by atoms with Crippen molar-refractivity contribution in [1.82, 2.24) is 10.3 Å². The van der Waals surface area contributed by atoms with Crippen molar-refractivity contribution in [1.29, 1.82) is 0 Å². The molecule has 0 amide bonds. The van der Waals surface area contributed by atoms with Crippen LogP contribution in [0.1, 0.15) is 29.8 Å². The van der Waals surface area contributed by atoms with E-state index >= 15 is 0 Å². The number of nitrogens with one attached hydrogen (secondary N) is 1. The van der Waals surface area contributed by atoms with E-state index in [1.54, 1.807) is 11.3 Å². The highest BCUT2D eigenvalue weighted by Crippen LogP contribution is 2.26. The summed E-state index contributed by atoms with van der Waals surface area (Å²) in [5, 5.41) is 4.39. The highest BCUT2D eigenvalue weighted by Gasteiger charge is 2.14. The second kappa shape index (κ2) is 6.88. The van der Waals surface area contributed by atoms with Crippen molar-refractivity contribution in [3.8, 4) is 0 Å². The van der Waals surface area contributed by atoms with Crippen LogP contribution in [0.4, 0.5) is 0 Å². The van der Waals surface area contributed by atoms with Crippen LogP contribution in [-0.4, -0.2) is 11.5 Å². The van der Waals surface area contributed by atoms with Crippen LogP contribution in [0.15, 0.2) is 36.0 Å². The Labute approximate surface area is 117 Å². The molecule has 0 fully saturated rings. The minimum Gasteiger partial charge on any atom is -0.310 e. The van der Waals surface area contributed by atoms with E-state index in [4.69, 9.17) is 11.6 Å². The lowest BCUT2D eigenvalue weighted by atomic mass is 10.0. The molecule has 0 aliphatic rings. The average Bonchev–Trinajstić information content (AvgIpc) is 2.88. The topological polar surface area (TPSA) is 24.9 Å². The Balaban J connectivity index is 2.16. The second-order valence-electron chi connectivity index (χ2n) is 4.20. The van der Waals surface area contributed by atoms with Crippen LogP contribution in [0, 0.1) is 0 Å². The van der Waals surface area contributed by atoms with Gasteiger partial charge in [0.05, 0.1) is 5.51 Å². The van der Waals surface area contributed by atoms with Gasteiger partial charge >= 0.3 is 0 Å². The molecule has 0 spiro atoms. The summed E-state index contributed by atoms with van der Waals surface area (Å²) in [6.45, 7) is 3.16. The van der Waals surface area contributed by atoms with Gasteiger partial charge in [0.15, 0.2) is 0 Å². The standard InChI is InChI=1S/C14H17ClN2S/c1-2-7-17-14(8-11-9-16-10-18-11)12-5-3-4-6-13(12)15/h3-6,9-10,14,17H,2,7-8H2,1H3. The van der Waals surface area contributed by atoms with Gasteiger partial charge in [-0.15, -0.1) is 11.3 Å². The maximum Gasteiger partial charge on any atom is 0.0794 e. The van der Waals surface area contributed by atoms with Gasteiger partial charge < -0.3 is 5.32 Å². The van der Waals surface area contributed by atoms with Gasteiger partial charge in [-0.1, -0.05) is 36.7 Å². The third-order valence-corrected chi connectivity index (χ3v) is 3.96. The first kappa shape index (κ1) is 13.5. The van der Waals surface area contributed by atoms with Crippen molar-refractivity contribution in [2.75, 3.05) is 6.54 Å². The molecule has 1 aromatic heterocycles. The number of thiazole rings is 1. The first-order valence-electron chi connectivity index (χ1n) is 6.16. The van der Waals surface area contributed by atoms with Gasteiger partial charge in [-0.05, 0) is 24.6 Å². The SMILES string of the molecule is CCCNC(Cc1cncs1)c1ccccc1Cl. The number of benzene rings is 1. The molecule has 0 bridgehead atoms. The summed E-state index contributed by atoms with van der Waals surface area (Å²) in [6, 6.07) is 8.31. The molecule has 0 saturated carbocycles. The quantitative estimate of drug-likeness (QED) is 0.862. The predicted molar refractivity (Wildman–Crippen MR) is 78.3 cm³/mol. The van der Waals surface area contributed by atoms with Crippen LogP contribution in [-0.2, 0) is 6.42 Å².